The summed E-state index contributed by atoms with van der Waals surface area (Å²) in [5.41, 5.74) is 2.72. The van der Waals surface area contributed by atoms with E-state index in [-0.39, 0.29) is 17.3 Å². The van der Waals surface area contributed by atoms with Crippen LogP contribution in [0.2, 0.25) is 0 Å². The minimum Gasteiger partial charge on any atom is -0.364 e. The van der Waals surface area contributed by atoms with E-state index in [9.17, 15) is 4.79 Å². The SMILES string of the molecule is C#CCOC1CCCN(C(=O)C(SC=NC)C(/C=C\C)=C/C)C1.CC. The van der Waals surface area contributed by atoms with Gasteiger partial charge in [0.25, 0.3) is 0 Å². The van der Waals surface area contributed by atoms with Crippen LogP contribution in [0, 0.1) is 12.3 Å². The van der Waals surface area contributed by atoms with E-state index in [1.165, 1.54) is 11.8 Å². The summed E-state index contributed by atoms with van der Waals surface area (Å²) < 4.78 is 5.62. The van der Waals surface area contributed by atoms with Gasteiger partial charge in [-0.15, -0.1) is 6.42 Å². The molecule has 4 nitrogen and oxygen atoms in total. The molecule has 0 spiro atoms. The lowest BCUT2D eigenvalue weighted by atomic mass is 10.1. The largest absolute Gasteiger partial charge is 0.364 e. The van der Waals surface area contributed by atoms with Gasteiger partial charge in [-0.1, -0.05) is 49.8 Å². The maximum Gasteiger partial charge on any atom is 0.240 e. The summed E-state index contributed by atoms with van der Waals surface area (Å²) in [5.74, 6) is 2.59. The van der Waals surface area contributed by atoms with Crippen LogP contribution in [0.4, 0.5) is 0 Å². The second-order valence-electron chi connectivity index (χ2n) is 5.23. The fourth-order valence-electron chi connectivity index (χ4n) is 2.53. The molecule has 0 aromatic rings. The number of nitrogens with zero attached hydrogens (tertiary/aromatic N) is 2. The molecule has 1 amide bonds. The number of hydrogen-bond donors (Lipinski definition) is 0. The number of thioether (sulfide) groups is 1. The molecule has 0 N–H and O–H groups in total. The van der Waals surface area contributed by atoms with E-state index in [2.05, 4.69) is 10.9 Å². The van der Waals surface area contributed by atoms with Crippen molar-refractivity contribution in [2.45, 2.75) is 51.9 Å². The lowest BCUT2D eigenvalue weighted by molar-refractivity contribution is -0.133. The standard InChI is InChI=1S/C18H26N2O2S.C2H6/c1-5-9-15(7-3)17(23-14-19-4)18(21)20-11-8-10-16(13-20)22-12-6-2;1-2/h2,5,7,9,14,16-17H,8,10-13H2,1,3-4H3;1-2H3/b9-5-,15-7+,19-14?;. The van der Waals surface area contributed by atoms with Crippen LogP contribution >= 0.6 is 11.8 Å². The molecule has 0 saturated carbocycles. The summed E-state index contributed by atoms with van der Waals surface area (Å²) in [6.07, 6.45) is 13.1. The maximum absolute atomic E-state index is 13.0. The number of carbonyl (C=O) groups excluding carboxylic acids is 1. The summed E-state index contributed by atoms with van der Waals surface area (Å²) in [6, 6.07) is 0. The molecular formula is C20H32N2O2S. The molecule has 0 radical (unpaired) electrons. The second kappa shape index (κ2) is 14.8. The van der Waals surface area contributed by atoms with Gasteiger partial charge in [-0.05, 0) is 32.3 Å². The van der Waals surface area contributed by atoms with Gasteiger partial charge >= 0.3 is 0 Å². The summed E-state index contributed by atoms with van der Waals surface area (Å²) in [4.78, 5) is 18.9. The lowest BCUT2D eigenvalue weighted by Crippen LogP contribution is -2.47. The molecule has 1 rings (SSSR count). The van der Waals surface area contributed by atoms with Crippen molar-refractivity contribution in [3.8, 4) is 12.3 Å². The fourth-order valence-corrected chi connectivity index (χ4v) is 3.42. The number of rotatable bonds is 7. The van der Waals surface area contributed by atoms with Crippen molar-refractivity contribution in [2.75, 3.05) is 26.7 Å². The number of aliphatic imine (C=N–C) groups is 1. The molecule has 2 unspecified atom stereocenters. The first-order chi connectivity index (χ1) is 12.2. The Hall–Kier alpha value is -1.51. The molecule has 1 fully saturated rings. The molecule has 1 heterocycles. The van der Waals surface area contributed by atoms with Crippen LogP contribution < -0.4 is 0 Å². The molecule has 5 heteroatoms. The van der Waals surface area contributed by atoms with Gasteiger partial charge < -0.3 is 9.64 Å². The van der Waals surface area contributed by atoms with Crippen LogP contribution in [0.25, 0.3) is 0 Å². The number of carbonyl (C=O) groups is 1. The van der Waals surface area contributed by atoms with E-state index in [1.807, 2.05) is 50.8 Å². The summed E-state index contributed by atoms with van der Waals surface area (Å²) in [6.45, 7) is 9.57. The summed E-state index contributed by atoms with van der Waals surface area (Å²) in [5, 5.41) is -0.272. The molecule has 1 saturated heterocycles. The number of terminal acetylenes is 1. The Kier molecular flexibility index (Phi) is 13.9. The first kappa shape index (κ1) is 23.5. The Morgan fingerprint density at radius 3 is 2.76 bits per heavy atom. The summed E-state index contributed by atoms with van der Waals surface area (Å²) in [7, 11) is 1.71. The highest BCUT2D eigenvalue weighted by Gasteiger charge is 2.30. The number of ether oxygens (including phenoxy) is 1. The van der Waals surface area contributed by atoms with Crippen LogP contribution in [0.5, 0.6) is 0 Å². The highest BCUT2D eigenvalue weighted by atomic mass is 32.2. The zero-order valence-electron chi connectivity index (χ0n) is 16.2. The minimum atomic E-state index is -0.272. The average Bonchev–Trinajstić information content (AvgIpc) is 2.67. The van der Waals surface area contributed by atoms with Crippen molar-refractivity contribution in [1.82, 2.24) is 4.90 Å². The van der Waals surface area contributed by atoms with Gasteiger partial charge in [0.1, 0.15) is 11.9 Å². The Morgan fingerprint density at radius 2 is 2.20 bits per heavy atom. The maximum atomic E-state index is 13.0. The zero-order chi connectivity index (χ0) is 19.1. The van der Waals surface area contributed by atoms with Gasteiger partial charge in [-0.2, -0.15) is 0 Å². The van der Waals surface area contributed by atoms with Crippen molar-refractivity contribution < 1.29 is 9.53 Å². The Balaban J connectivity index is 0.00000277. The Morgan fingerprint density at radius 1 is 1.48 bits per heavy atom. The van der Waals surface area contributed by atoms with Crippen molar-refractivity contribution in [2.24, 2.45) is 4.99 Å². The number of hydrogen-bond acceptors (Lipinski definition) is 4. The first-order valence-electron chi connectivity index (χ1n) is 8.86. The highest BCUT2D eigenvalue weighted by Crippen LogP contribution is 2.24. The van der Waals surface area contributed by atoms with Crippen LogP contribution in [-0.2, 0) is 9.53 Å². The Labute approximate surface area is 157 Å². The fraction of sp³-hybridized carbons (Fsp3) is 0.600. The molecule has 0 aromatic heterocycles. The first-order valence-corrected chi connectivity index (χ1v) is 9.81. The third kappa shape index (κ3) is 8.42. The molecule has 25 heavy (non-hydrogen) atoms. The van der Waals surface area contributed by atoms with Crippen LogP contribution in [-0.4, -0.2) is 54.5 Å². The molecule has 140 valence electrons. The number of piperidine rings is 1. The van der Waals surface area contributed by atoms with Gasteiger partial charge in [0.15, 0.2) is 0 Å². The van der Waals surface area contributed by atoms with Crippen molar-refractivity contribution in [3.63, 3.8) is 0 Å². The minimum absolute atomic E-state index is 0.0324. The topological polar surface area (TPSA) is 41.9 Å². The third-order valence-electron chi connectivity index (χ3n) is 3.61. The molecule has 1 aliphatic heterocycles. The normalized spacial score (nSPS) is 19.4. The van der Waals surface area contributed by atoms with E-state index in [0.717, 1.165) is 25.0 Å². The van der Waals surface area contributed by atoms with Gasteiger partial charge in [-0.3, -0.25) is 9.79 Å². The van der Waals surface area contributed by atoms with Gasteiger partial charge in [0, 0.05) is 20.1 Å². The summed E-state index contributed by atoms with van der Waals surface area (Å²) >= 11 is 1.44. The molecule has 0 aromatic carbocycles. The van der Waals surface area contributed by atoms with E-state index in [4.69, 9.17) is 11.2 Å². The smallest absolute Gasteiger partial charge is 0.240 e. The predicted molar refractivity (Wildman–Crippen MR) is 110 cm³/mol. The number of allylic oxidation sites excluding steroid dienone is 3. The van der Waals surface area contributed by atoms with Crippen LogP contribution in [0.3, 0.4) is 0 Å². The zero-order valence-corrected chi connectivity index (χ0v) is 17.0. The average molecular weight is 365 g/mol. The molecule has 0 bridgehead atoms. The third-order valence-corrected chi connectivity index (χ3v) is 4.69. The molecule has 1 aliphatic rings. The van der Waals surface area contributed by atoms with E-state index in [0.29, 0.717) is 13.2 Å². The van der Waals surface area contributed by atoms with Crippen LogP contribution in [0.15, 0.2) is 28.8 Å². The predicted octanol–water partition coefficient (Wildman–Crippen LogP) is 3.94. The van der Waals surface area contributed by atoms with E-state index in [1.54, 1.807) is 12.6 Å². The second-order valence-corrected chi connectivity index (χ2v) is 6.19. The Bertz CT molecular complexity index is 506. The number of likely N-dealkylation sites (tertiary alicyclic amines) is 1. The van der Waals surface area contributed by atoms with Crippen molar-refractivity contribution in [1.29, 1.82) is 0 Å². The van der Waals surface area contributed by atoms with Crippen LogP contribution in [0.1, 0.15) is 40.5 Å². The lowest BCUT2D eigenvalue weighted by Gasteiger charge is -2.34. The van der Waals surface area contributed by atoms with Gasteiger partial charge in [-0.25, -0.2) is 0 Å². The van der Waals surface area contributed by atoms with Gasteiger partial charge in [0.2, 0.25) is 5.91 Å². The van der Waals surface area contributed by atoms with E-state index < -0.39 is 0 Å². The van der Waals surface area contributed by atoms with E-state index >= 15 is 0 Å². The highest BCUT2D eigenvalue weighted by molar-refractivity contribution is 8.13. The van der Waals surface area contributed by atoms with Crippen molar-refractivity contribution in [3.05, 3.63) is 23.8 Å². The monoisotopic (exact) mass is 364 g/mol. The molecular weight excluding hydrogens is 332 g/mol. The van der Waals surface area contributed by atoms with Crippen molar-refractivity contribution >= 4 is 23.2 Å². The molecule has 2 atom stereocenters. The quantitative estimate of drug-likeness (QED) is 0.297. The number of amides is 1. The van der Waals surface area contributed by atoms with Gasteiger partial charge in [0.05, 0.1) is 11.7 Å². The molecule has 0 aliphatic carbocycles.